The summed E-state index contributed by atoms with van der Waals surface area (Å²) in [5, 5.41) is 14.0. The van der Waals surface area contributed by atoms with Crippen LogP contribution < -0.4 is 0 Å². The largest absolute Gasteiger partial charge is 0.389 e. The first-order valence-corrected chi connectivity index (χ1v) is 3.88. The zero-order chi connectivity index (χ0) is 9.42. The number of Topliss-reactive ketones (excluding diaryl/α,β-unsaturated/α-hetero) is 1. The van der Waals surface area contributed by atoms with Crippen LogP contribution in [0, 0.1) is 10.1 Å². The van der Waals surface area contributed by atoms with Crippen molar-refractivity contribution in [3.8, 4) is 0 Å². The normalized spacial score (nSPS) is 17.1. The number of hydrogen-bond donors (Lipinski definition) is 0. The van der Waals surface area contributed by atoms with Crippen molar-refractivity contribution in [2.24, 2.45) is 0 Å². The van der Waals surface area contributed by atoms with Crippen LogP contribution >= 0.6 is 0 Å². The summed E-state index contributed by atoms with van der Waals surface area (Å²) in [5.41, 5.74) is 0. The van der Waals surface area contributed by atoms with Crippen LogP contribution in [0.4, 0.5) is 5.82 Å². The molecule has 1 aromatic rings. The van der Waals surface area contributed by atoms with Gasteiger partial charge in [0.15, 0.2) is 0 Å². The van der Waals surface area contributed by atoms with E-state index in [0.29, 0.717) is 12.8 Å². The first-order chi connectivity index (χ1) is 6.16. The lowest BCUT2D eigenvalue weighted by molar-refractivity contribution is -0.389. The van der Waals surface area contributed by atoms with Gasteiger partial charge in [0.25, 0.3) is 0 Å². The minimum absolute atomic E-state index is 0.0289. The van der Waals surface area contributed by atoms with E-state index >= 15 is 0 Å². The molecule has 0 amide bonds. The number of rotatable bonds is 2. The van der Waals surface area contributed by atoms with Gasteiger partial charge in [-0.25, -0.2) is 0 Å². The molecule has 68 valence electrons. The van der Waals surface area contributed by atoms with Gasteiger partial charge in [-0.15, -0.1) is 0 Å². The smallest absolute Gasteiger partial charge is 0.358 e. The molecule has 0 unspecified atom stereocenters. The molecule has 13 heavy (non-hydrogen) atoms. The highest BCUT2D eigenvalue weighted by Crippen LogP contribution is 2.28. The summed E-state index contributed by atoms with van der Waals surface area (Å²) in [5.74, 6) is 0.0162. The first-order valence-electron chi connectivity index (χ1n) is 3.88. The molecule has 1 aromatic heterocycles. The number of hydrogen-bond acceptors (Lipinski definition) is 4. The van der Waals surface area contributed by atoms with Gasteiger partial charge in [0.05, 0.1) is 23.4 Å². The second-order valence-electron chi connectivity index (χ2n) is 3.01. The molecule has 1 aliphatic rings. The van der Waals surface area contributed by atoms with Crippen molar-refractivity contribution in [2.75, 3.05) is 0 Å². The second-order valence-corrected chi connectivity index (χ2v) is 3.01. The molecule has 6 nitrogen and oxygen atoms in total. The molecule has 6 heteroatoms. The first kappa shape index (κ1) is 7.90. The highest BCUT2D eigenvalue weighted by molar-refractivity contribution is 5.85. The Morgan fingerprint density at radius 2 is 2.31 bits per heavy atom. The van der Waals surface area contributed by atoms with Gasteiger partial charge in [-0.2, -0.15) is 4.68 Å². The van der Waals surface area contributed by atoms with Crippen LogP contribution in [-0.2, 0) is 4.79 Å². The zero-order valence-corrected chi connectivity index (χ0v) is 6.71. The van der Waals surface area contributed by atoms with Crippen molar-refractivity contribution in [3.05, 3.63) is 22.4 Å². The van der Waals surface area contributed by atoms with Gasteiger partial charge in [0.2, 0.25) is 0 Å². The fourth-order valence-electron chi connectivity index (χ4n) is 1.28. The highest BCUT2D eigenvalue weighted by Gasteiger charge is 2.31. The van der Waals surface area contributed by atoms with Gasteiger partial charge in [-0.05, 0) is 4.92 Å². The molecule has 1 heterocycles. The molecule has 2 rings (SSSR count). The SMILES string of the molecule is O=C1CC(n2ccc([N+](=O)[O-])n2)C1. The van der Waals surface area contributed by atoms with E-state index in [1.54, 1.807) is 0 Å². The average molecular weight is 181 g/mol. The van der Waals surface area contributed by atoms with E-state index < -0.39 is 4.92 Å². The molecule has 1 fully saturated rings. The van der Waals surface area contributed by atoms with Gasteiger partial charge < -0.3 is 10.1 Å². The van der Waals surface area contributed by atoms with Gasteiger partial charge in [0, 0.05) is 12.8 Å². The zero-order valence-electron chi connectivity index (χ0n) is 6.71. The maximum Gasteiger partial charge on any atom is 0.389 e. The Balaban J connectivity index is 2.14. The van der Waals surface area contributed by atoms with Crippen molar-refractivity contribution in [1.82, 2.24) is 9.78 Å². The van der Waals surface area contributed by atoms with E-state index in [4.69, 9.17) is 0 Å². The Morgan fingerprint density at radius 3 is 2.77 bits per heavy atom. The van der Waals surface area contributed by atoms with Crippen molar-refractivity contribution in [3.63, 3.8) is 0 Å². The van der Waals surface area contributed by atoms with Crippen molar-refractivity contribution in [1.29, 1.82) is 0 Å². The van der Waals surface area contributed by atoms with E-state index in [2.05, 4.69) is 5.10 Å². The molecule has 1 saturated carbocycles. The number of ketones is 1. The van der Waals surface area contributed by atoms with Crippen LogP contribution in [0.25, 0.3) is 0 Å². The molecule has 0 aromatic carbocycles. The Morgan fingerprint density at radius 1 is 1.62 bits per heavy atom. The summed E-state index contributed by atoms with van der Waals surface area (Å²) >= 11 is 0. The molecular weight excluding hydrogens is 174 g/mol. The van der Waals surface area contributed by atoms with Gasteiger partial charge >= 0.3 is 5.82 Å². The van der Waals surface area contributed by atoms with E-state index in [-0.39, 0.29) is 17.6 Å². The second kappa shape index (κ2) is 2.65. The maximum absolute atomic E-state index is 10.6. The van der Waals surface area contributed by atoms with E-state index in [9.17, 15) is 14.9 Å². The third-order valence-electron chi connectivity index (χ3n) is 2.08. The lowest BCUT2D eigenvalue weighted by Gasteiger charge is -2.21. The van der Waals surface area contributed by atoms with Crippen molar-refractivity contribution >= 4 is 11.6 Å². The number of aromatic nitrogens is 2. The minimum atomic E-state index is -0.545. The number of nitrogens with zero attached hydrogens (tertiary/aromatic N) is 3. The fourth-order valence-corrected chi connectivity index (χ4v) is 1.28. The van der Waals surface area contributed by atoms with Crippen LogP contribution in [0.3, 0.4) is 0 Å². The van der Waals surface area contributed by atoms with Crippen LogP contribution in [-0.4, -0.2) is 20.5 Å². The molecule has 0 atom stereocenters. The number of nitro groups is 1. The molecular formula is C7H7N3O3. The standard InChI is InChI=1S/C7H7N3O3/c11-6-3-5(4-6)9-2-1-7(8-9)10(12)13/h1-2,5H,3-4H2. The van der Waals surface area contributed by atoms with E-state index in [1.165, 1.54) is 16.9 Å². The summed E-state index contributed by atoms with van der Waals surface area (Å²) in [4.78, 5) is 20.4. The van der Waals surface area contributed by atoms with Crippen LogP contribution in [0.1, 0.15) is 18.9 Å². The lowest BCUT2D eigenvalue weighted by atomic mass is 9.92. The van der Waals surface area contributed by atoms with E-state index in [1.807, 2.05) is 0 Å². The molecule has 0 saturated heterocycles. The van der Waals surface area contributed by atoms with E-state index in [0.717, 1.165) is 0 Å². The van der Waals surface area contributed by atoms with Crippen molar-refractivity contribution < 1.29 is 9.72 Å². The third-order valence-corrected chi connectivity index (χ3v) is 2.08. The van der Waals surface area contributed by atoms with Crippen LogP contribution in [0.5, 0.6) is 0 Å². The molecule has 0 spiro atoms. The molecule has 0 bridgehead atoms. The summed E-state index contributed by atoms with van der Waals surface area (Å²) in [6.45, 7) is 0. The Hall–Kier alpha value is -1.72. The monoisotopic (exact) mass is 181 g/mol. The summed E-state index contributed by atoms with van der Waals surface area (Å²) in [6, 6.07) is 1.36. The third kappa shape index (κ3) is 1.30. The van der Waals surface area contributed by atoms with Crippen LogP contribution in [0.15, 0.2) is 12.3 Å². The summed E-state index contributed by atoms with van der Waals surface area (Å²) in [6.07, 6.45) is 2.42. The van der Waals surface area contributed by atoms with Gasteiger partial charge in [-0.3, -0.25) is 4.79 Å². The van der Waals surface area contributed by atoms with Gasteiger partial charge in [0.1, 0.15) is 5.78 Å². The quantitative estimate of drug-likeness (QED) is 0.496. The summed E-state index contributed by atoms with van der Waals surface area (Å²) < 4.78 is 1.49. The summed E-state index contributed by atoms with van der Waals surface area (Å²) in [7, 11) is 0. The molecule has 0 aliphatic heterocycles. The highest BCUT2D eigenvalue weighted by atomic mass is 16.6. The molecule has 0 N–H and O–H groups in total. The lowest BCUT2D eigenvalue weighted by Crippen LogP contribution is -2.26. The number of carbonyl (C=O) groups excluding carboxylic acids is 1. The fraction of sp³-hybridized carbons (Fsp3) is 0.429. The maximum atomic E-state index is 10.6. The molecule has 1 aliphatic carbocycles. The Labute approximate surface area is 73.3 Å². The average Bonchev–Trinajstić information content (AvgIpc) is 2.46. The Kier molecular flexibility index (Phi) is 1.61. The predicted molar refractivity (Wildman–Crippen MR) is 42.2 cm³/mol. The van der Waals surface area contributed by atoms with Gasteiger partial charge in [-0.1, -0.05) is 0 Å². The molecule has 0 radical (unpaired) electrons. The number of carbonyl (C=O) groups is 1. The topological polar surface area (TPSA) is 78.0 Å². The van der Waals surface area contributed by atoms with Crippen molar-refractivity contribution in [2.45, 2.75) is 18.9 Å². The Bertz CT molecular complexity index is 363. The minimum Gasteiger partial charge on any atom is -0.358 e. The van der Waals surface area contributed by atoms with Crippen LogP contribution in [0.2, 0.25) is 0 Å². The predicted octanol–water partition coefficient (Wildman–Crippen LogP) is 0.695.